The van der Waals surface area contributed by atoms with Crippen LogP contribution in [0.5, 0.6) is 11.5 Å². The summed E-state index contributed by atoms with van der Waals surface area (Å²) in [6.45, 7) is 0. The third-order valence-corrected chi connectivity index (χ3v) is 4.75. The highest BCUT2D eigenvalue weighted by molar-refractivity contribution is 8.18. The van der Waals surface area contributed by atoms with Crippen LogP contribution in [0.3, 0.4) is 0 Å². The van der Waals surface area contributed by atoms with Crippen molar-refractivity contribution in [3.05, 3.63) is 59.0 Å². The van der Waals surface area contributed by atoms with Crippen LogP contribution in [0.15, 0.2) is 58.4 Å². The first-order valence-electron chi connectivity index (χ1n) is 7.65. The molecule has 0 unspecified atom stereocenters. The fourth-order valence-corrected chi connectivity index (χ4v) is 3.35. The number of nitrogens with zero attached hydrogens (tertiary/aromatic N) is 2. The molecule has 1 heterocycles. The molecular formula is C19H18N2O3S. The number of carbonyl (C=O) groups is 1. The first kappa shape index (κ1) is 17.1. The number of ether oxygens (including phenoxy) is 2. The first-order chi connectivity index (χ1) is 12.1. The Labute approximate surface area is 151 Å². The summed E-state index contributed by atoms with van der Waals surface area (Å²) in [5.41, 5.74) is 1.68. The predicted molar refractivity (Wildman–Crippen MR) is 101 cm³/mol. The second kappa shape index (κ2) is 7.44. The Hall–Kier alpha value is -2.73. The van der Waals surface area contributed by atoms with Gasteiger partial charge in [-0.3, -0.25) is 9.69 Å². The number of rotatable bonds is 4. The van der Waals surface area contributed by atoms with Crippen molar-refractivity contribution in [1.29, 1.82) is 0 Å². The summed E-state index contributed by atoms with van der Waals surface area (Å²) < 4.78 is 10.5. The summed E-state index contributed by atoms with van der Waals surface area (Å²) in [6, 6.07) is 15.1. The van der Waals surface area contributed by atoms with Gasteiger partial charge in [0.2, 0.25) is 0 Å². The van der Waals surface area contributed by atoms with Gasteiger partial charge in [-0.25, -0.2) is 4.99 Å². The molecule has 0 N–H and O–H groups in total. The van der Waals surface area contributed by atoms with E-state index in [-0.39, 0.29) is 5.91 Å². The fraction of sp³-hybridized carbons (Fsp3) is 0.158. The summed E-state index contributed by atoms with van der Waals surface area (Å²) in [5, 5.41) is 0.655. The SMILES string of the molecule is COc1ccc(/C=C2/SC(=Nc3ccccc3)N(C)C2=O)cc1OC. The van der Waals surface area contributed by atoms with E-state index in [9.17, 15) is 4.79 Å². The largest absolute Gasteiger partial charge is 0.493 e. The number of carbonyl (C=O) groups excluding carboxylic acids is 1. The molecule has 2 aromatic carbocycles. The Balaban J connectivity index is 1.89. The first-order valence-corrected chi connectivity index (χ1v) is 8.47. The Morgan fingerprint density at radius 3 is 2.44 bits per heavy atom. The summed E-state index contributed by atoms with van der Waals surface area (Å²) in [6.07, 6.45) is 1.83. The zero-order chi connectivity index (χ0) is 17.8. The van der Waals surface area contributed by atoms with Crippen LogP contribution in [0.4, 0.5) is 5.69 Å². The van der Waals surface area contributed by atoms with Crippen molar-refractivity contribution in [3.8, 4) is 11.5 Å². The maximum atomic E-state index is 12.5. The van der Waals surface area contributed by atoms with Gasteiger partial charge < -0.3 is 9.47 Å². The zero-order valence-corrected chi connectivity index (χ0v) is 15.0. The van der Waals surface area contributed by atoms with Crippen LogP contribution < -0.4 is 9.47 Å². The quantitative estimate of drug-likeness (QED) is 0.781. The lowest BCUT2D eigenvalue weighted by molar-refractivity contribution is -0.121. The van der Waals surface area contributed by atoms with E-state index in [2.05, 4.69) is 4.99 Å². The van der Waals surface area contributed by atoms with Crippen molar-refractivity contribution in [1.82, 2.24) is 4.90 Å². The molecule has 6 heteroatoms. The van der Waals surface area contributed by atoms with Gasteiger partial charge >= 0.3 is 0 Å². The lowest BCUT2D eigenvalue weighted by atomic mass is 10.2. The van der Waals surface area contributed by atoms with Crippen LogP contribution in [0.25, 0.3) is 6.08 Å². The minimum Gasteiger partial charge on any atom is -0.493 e. The van der Waals surface area contributed by atoms with Crippen molar-refractivity contribution in [2.75, 3.05) is 21.3 Å². The maximum absolute atomic E-state index is 12.5. The third-order valence-electron chi connectivity index (χ3n) is 3.69. The van der Waals surface area contributed by atoms with E-state index >= 15 is 0 Å². The van der Waals surface area contributed by atoms with Gasteiger partial charge in [-0.1, -0.05) is 24.3 Å². The monoisotopic (exact) mass is 354 g/mol. The molecule has 25 heavy (non-hydrogen) atoms. The number of likely N-dealkylation sites (N-methyl/N-ethyl adjacent to an activating group) is 1. The Morgan fingerprint density at radius 1 is 1.04 bits per heavy atom. The number of aliphatic imine (C=N–C) groups is 1. The van der Waals surface area contributed by atoms with E-state index in [0.717, 1.165) is 11.3 Å². The molecule has 5 nitrogen and oxygen atoms in total. The molecule has 0 spiro atoms. The lowest BCUT2D eigenvalue weighted by Gasteiger charge is -2.08. The van der Waals surface area contributed by atoms with E-state index < -0.39 is 0 Å². The summed E-state index contributed by atoms with van der Waals surface area (Å²) in [5.74, 6) is 1.20. The summed E-state index contributed by atoms with van der Waals surface area (Å²) in [7, 11) is 4.91. The molecule has 0 bridgehead atoms. The van der Waals surface area contributed by atoms with Crippen molar-refractivity contribution in [2.45, 2.75) is 0 Å². The second-order valence-electron chi connectivity index (χ2n) is 5.32. The molecule has 0 atom stereocenters. The van der Waals surface area contributed by atoms with Crippen molar-refractivity contribution in [3.63, 3.8) is 0 Å². The van der Waals surface area contributed by atoms with Crippen LogP contribution in [0.1, 0.15) is 5.56 Å². The van der Waals surface area contributed by atoms with Crippen molar-refractivity contribution in [2.24, 2.45) is 4.99 Å². The molecule has 0 aliphatic carbocycles. The maximum Gasteiger partial charge on any atom is 0.266 e. The highest BCUT2D eigenvalue weighted by Crippen LogP contribution is 2.34. The molecule has 1 aliphatic rings. The average Bonchev–Trinajstić information content (AvgIpc) is 2.90. The summed E-state index contributed by atoms with van der Waals surface area (Å²) in [4.78, 5) is 19.2. The molecule has 0 saturated carbocycles. The molecule has 2 aromatic rings. The van der Waals surface area contributed by atoms with E-state index in [1.807, 2.05) is 54.6 Å². The van der Waals surface area contributed by atoms with Crippen LogP contribution in [-0.4, -0.2) is 37.2 Å². The molecule has 128 valence electrons. The highest BCUT2D eigenvalue weighted by Gasteiger charge is 2.30. The van der Waals surface area contributed by atoms with E-state index in [1.54, 1.807) is 26.2 Å². The van der Waals surface area contributed by atoms with Crippen LogP contribution >= 0.6 is 11.8 Å². The fourth-order valence-electron chi connectivity index (χ4n) is 2.36. The van der Waals surface area contributed by atoms with Crippen LogP contribution in [0.2, 0.25) is 0 Å². The smallest absolute Gasteiger partial charge is 0.266 e. The topological polar surface area (TPSA) is 51.1 Å². The molecule has 0 radical (unpaired) electrons. The molecule has 0 aromatic heterocycles. The number of hydrogen-bond donors (Lipinski definition) is 0. The Kier molecular flexibility index (Phi) is 5.09. The van der Waals surface area contributed by atoms with Crippen molar-refractivity contribution >= 4 is 34.6 Å². The Bertz CT molecular complexity index is 847. The number of amidine groups is 1. The molecule has 3 rings (SSSR count). The standard InChI is InChI=1S/C19H18N2O3S/c1-21-18(22)17(25-19(21)20-14-7-5-4-6-8-14)12-13-9-10-15(23-2)16(11-13)24-3/h4-12H,1-3H3/b17-12+,20-19?. The molecule has 1 amide bonds. The van der Waals surface area contributed by atoms with Crippen LogP contribution in [0, 0.1) is 0 Å². The van der Waals surface area contributed by atoms with Gasteiger partial charge in [-0.05, 0) is 47.7 Å². The molecule has 1 saturated heterocycles. The van der Waals surface area contributed by atoms with E-state index in [1.165, 1.54) is 11.8 Å². The average molecular weight is 354 g/mol. The Morgan fingerprint density at radius 2 is 1.76 bits per heavy atom. The number of benzene rings is 2. The van der Waals surface area contributed by atoms with Gasteiger partial charge in [0.1, 0.15) is 0 Å². The summed E-state index contributed by atoms with van der Waals surface area (Å²) >= 11 is 1.36. The normalized spacial score (nSPS) is 17.4. The predicted octanol–water partition coefficient (Wildman–Crippen LogP) is 3.94. The minimum absolute atomic E-state index is 0.0746. The third kappa shape index (κ3) is 3.69. The zero-order valence-electron chi connectivity index (χ0n) is 14.2. The van der Waals surface area contributed by atoms with Crippen LogP contribution in [-0.2, 0) is 4.79 Å². The molecule has 1 fully saturated rings. The number of thioether (sulfide) groups is 1. The van der Waals surface area contributed by atoms with E-state index in [0.29, 0.717) is 21.6 Å². The van der Waals surface area contributed by atoms with Gasteiger partial charge in [-0.2, -0.15) is 0 Å². The van der Waals surface area contributed by atoms with Gasteiger partial charge in [0.25, 0.3) is 5.91 Å². The number of methoxy groups -OCH3 is 2. The van der Waals surface area contributed by atoms with E-state index in [4.69, 9.17) is 9.47 Å². The van der Waals surface area contributed by atoms with Gasteiger partial charge in [-0.15, -0.1) is 0 Å². The highest BCUT2D eigenvalue weighted by atomic mass is 32.2. The van der Waals surface area contributed by atoms with Gasteiger partial charge in [0.05, 0.1) is 24.8 Å². The minimum atomic E-state index is -0.0746. The lowest BCUT2D eigenvalue weighted by Crippen LogP contribution is -2.23. The molecule has 1 aliphatic heterocycles. The van der Waals surface area contributed by atoms with Gasteiger partial charge in [0, 0.05) is 7.05 Å². The second-order valence-corrected chi connectivity index (χ2v) is 6.33. The molecular weight excluding hydrogens is 336 g/mol. The van der Waals surface area contributed by atoms with Gasteiger partial charge in [0.15, 0.2) is 16.7 Å². The van der Waals surface area contributed by atoms with Crippen molar-refractivity contribution < 1.29 is 14.3 Å². The number of amides is 1. The number of para-hydroxylation sites is 1. The number of hydrogen-bond acceptors (Lipinski definition) is 5.